The van der Waals surface area contributed by atoms with Gasteiger partial charge in [0, 0.05) is 25.3 Å². The van der Waals surface area contributed by atoms with E-state index in [0.717, 1.165) is 37.8 Å². The minimum atomic E-state index is -4.39. The second kappa shape index (κ2) is 7.54. The second-order valence-electron chi connectivity index (χ2n) is 6.33. The maximum atomic E-state index is 13.6. The number of alkyl halides is 3. The molecule has 1 atom stereocenters. The molecular weight excluding hydrogens is 327 g/mol. The molecule has 134 valence electrons. The van der Waals surface area contributed by atoms with Gasteiger partial charge >= 0.3 is 6.18 Å². The topological polar surface area (TPSA) is 28.2 Å². The zero-order valence-electron chi connectivity index (χ0n) is 14.2. The quantitative estimate of drug-likeness (QED) is 0.914. The first kappa shape index (κ1) is 17.9. The first-order chi connectivity index (χ1) is 12.0. The summed E-state index contributed by atoms with van der Waals surface area (Å²) in [5.74, 6) is 0. The number of aryl methyl sites for hydroxylation is 1. The summed E-state index contributed by atoms with van der Waals surface area (Å²) in [5.41, 5.74) is 1.16. The van der Waals surface area contributed by atoms with Crippen molar-refractivity contribution in [2.24, 2.45) is 0 Å². The van der Waals surface area contributed by atoms with Gasteiger partial charge in [-0.25, -0.2) is 0 Å². The Morgan fingerprint density at radius 3 is 2.60 bits per heavy atom. The Morgan fingerprint density at radius 1 is 1.04 bits per heavy atom. The largest absolute Gasteiger partial charge is 0.416 e. The summed E-state index contributed by atoms with van der Waals surface area (Å²) < 4.78 is 40.8. The number of hydrogen-bond donors (Lipinski definition) is 1. The highest BCUT2D eigenvalue weighted by Crippen LogP contribution is 2.38. The number of hydrogen-bond acceptors (Lipinski definition) is 3. The number of halogens is 3. The van der Waals surface area contributed by atoms with Gasteiger partial charge in [-0.15, -0.1) is 0 Å². The third kappa shape index (κ3) is 4.19. The molecule has 1 unspecified atom stereocenters. The molecule has 2 heterocycles. The normalized spacial score (nSPS) is 17.9. The van der Waals surface area contributed by atoms with Gasteiger partial charge in [0.25, 0.3) is 0 Å². The van der Waals surface area contributed by atoms with E-state index in [1.54, 1.807) is 12.1 Å². The van der Waals surface area contributed by atoms with Crippen LogP contribution in [0.4, 0.5) is 13.2 Å². The standard InChI is InChI=1S/C19H22F3N3/c1-14-6-4-9-17(24-14)18(25-12-5-10-23-11-13-25)15-7-2-3-8-16(15)19(20,21)22/h2-4,6-9,18,23H,5,10-13H2,1H3. The highest BCUT2D eigenvalue weighted by Gasteiger charge is 2.37. The zero-order chi connectivity index (χ0) is 17.9. The van der Waals surface area contributed by atoms with Gasteiger partial charge in [-0.05, 0) is 43.7 Å². The van der Waals surface area contributed by atoms with Gasteiger partial charge in [0.15, 0.2) is 0 Å². The Balaban J connectivity index is 2.11. The minimum absolute atomic E-state index is 0.273. The molecule has 1 aromatic heterocycles. The maximum Gasteiger partial charge on any atom is 0.416 e. The summed E-state index contributed by atoms with van der Waals surface area (Å²) in [7, 11) is 0. The molecule has 0 aliphatic carbocycles. The first-order valence-electron chi connectivity index (χ1n) is 8.51. The molecule has 1 aliphatic heterocycles. The summed E-state index contributed by atoms with van der Waals surface area (Å²) in [4.78, 5) is 6.65. The molecule has 1 N–H and O–H groups in total. The van der Waals surface area contributed by atoms with Crippen LogP contribution in [0.3, 0.4) is 0 Å². The molecule has 2 aromatic rings. The Morgan fingerprint density at radius 2 is 1.84 bits per heavy atom. The Hall–Kier alpha value is -1.92. The molecule has 3 nitrogen and oxygen atoms in total. The van der Waals surface area contributed by atoms with Crippen LogP contribution >= 0.6 is 0 Å². The van der Waals surface area contributed by atoms with Crippen LogP contribution in [-0.4, -0.2) is 36.1 Å². The molecule has 0 amide bonds. The van der Waals surface area contributed by atoms with E-state index in [0.29, 0.717) is 12.2 Å². The average molecular weight is 349 g/mol. The van der Waals surface area contributed by atoms with Gasteiger partial charge in [0.05, 0.1) is 17.3 Å². The van der Waals surface area contributed by atoms with Crippen LogP contribution in [0.5, 0.6) is 0 Å². The lowest BCUT2D eigenvalue weighted by atomic mass is 9.95. The predicted molar refractivity (Wildman–Crippen MR) is 91.3 cm³/mol. The summed E-state index contributed by atoms with van der Waals surface area (Å²) in [6.45, 7) is 4.92. The summed E-state index contributed by atoms with van der Waals surface area (Å²) in [6, 6.07) is 10.9. The summed E-state index contributed by atoms with van der Waals surface area (Å²) in [5, 5.41) is 3.31. The van der Waals surface area contributed by atoms with E-state index >= 15 is 0 Å². The van der Waals surface area contributed by atoms with Gasteiger partial charge in [0.2, 0.25) is 0 Å². The number of pyridine rings is 1. The monoisotopic (exact) mass is 349 g/mol. The maximum absolute atomic E-state index is 13.6. The molecule has 6 heteroatoms. The third-order valence-electron chi connectivity index (χ3n) is 4.49. The molecule has 0 radical (unpaired) electrons. The summed E-state index contributed by atoms with van der Waals surface area (Å²) >= 11 is 0. The lowest BCUT2D eigenvalue weighted by Crippen LogP contribution is -2.34. The molecule has 1 saturated heterocycles. The van der Waals surface area contributed by atoms with Crippen molar-refractivity contribution in [3.8, 4) is 0 Å². The number of rotatable bonds is 3. The number of benzene rings is 1. The SMILES string of the molecule is Cc1cccc(C(c2ccccc2C(F)(F)F)N2CCCNCC2)n1. The average Bonchev–Trinajstić information content (AvgIpc) is 2.84. The fourth-order valence-electron chi connectivity index (χ4n) is 3.38. The number of nitrogens with zero attached hydrogens (tertiary/aromatic N) is 2. The van der Waals surface area contributed by atoms with Crippen molar-refractivity contribution in [2.75, 3.05) is 26.2 Å². The van der Waals surface area contributed by atoms with Crippen molar-refractivity contribution >= 4 is 0 Å². The Bertz CT molecular complexity index is 707. The fourth-order valence-corrected chi connectivity index (χ4v) is 3.38. The Kier molecular flexibility index (Phi) is 5.39. The summed E-state index contributed by atoms with van der Waals surface area (Å²) in [6.07, 6.45) is -3.49. The van der Waals surface area contributed by atoms with Gasteiger partial charge in [-0.1, -0.05) is 24.3 Å². The van der Waals surface area contributed by atoms with E-state index in [1.807, 2.05) is 25.1 Å². The van der Waals surface area contributed by atoms with E-state index in [9.17, 15) is 13.2 Å². The van der Waals surface area contributed by atoms with E-state index in [1.165, 1.54) is 6.07 Å². The molecule has 1 aromatic carbocycles. The third-order valence-corrected chi connectivity index (χ3v) is 4.49. The van der Waals surface area contributed by atoms with Gasteiger partial charge in [0.1, 0.15) is 0 Å². The molecule has 0 spiro atoms. The van der Waals surface area contributed by atoms with Crippen LogP contribution in [-0.2, 0) is 6.18 Å². The van der Waals surface area contributed by atoms with Crippen molar-refractivity contribution in [3.63, 3.8) is 0 Å². The fraction of sp³-hybridized carbons (Fsp3) is 0.421. The van der Waals surface area contributed by atoms with Gasteiger partial charge in [-0.2, -0.15) is 13.2 Å². The molecule has 3 rings (SSSR count). The number of aromatic nitrogens is 1. The van der Waals surface area contributed by atoms with Crippen LogP contribution in [0.2, 0.25) is 0 Å². The van der Waals surface area contributed by atoms with Crippen molar-refractivity contribution in [1.82, 2.24) is 15.2 Å². The first-order valence-corrected chi connectivity index (χ1v) is 8.51. The molecule has 0 bridgehead atoms. The smallest absolute Gasteiger partial charge is 0.315 e. The second-order valence-corrected chi connectivity index (χ2v) is 6.33. The highest BCUT2D eigenvalue weighted by molar-refractivity contribution is 5.37. The van der Waals surface area contributed by atoms with Crippen LogP contribution in [0, 0.1) is 6.92 Å². The van der Waals surface area contributed by atoms with Crippen molar-refractivity contribution in [2.45, 2.75) is 25.6 Å². The lowest BCUT2D eigenvalue weighted by Gasteiger charge is -2.32. The molecule has 1 fully saturated rings. The van der Waals surface area contributed by atoms with Crippen LogP contribution in [0.15, 0.2) is 42.5 Å². The van der Waals surface area contributed by atoms with E-state index < -0.39 is 17.8 Å². The van der Waals surface area contributed by atoms with Crippen molar-refractivity contribution in [3.05, 3.63) is 65.0 Å². The zero-order valence-corrected chi connectivity index (χ0v) is 14.2. The van der Waals surface area contributed by atoms with Crippen molar-refractivity contribution in [1.29, 1.82) is 0 Å². The molecule has 25 heavy (non-hydrogen) atoms. The van der Waals surface area contributed by atoms with Crippen LogP contribution in [0.1, 0.15) is 35.0 Å². The van der Waals surface area contributed by atoms with Gasteiger partial charge < -0.3 is 5.32 Å². The molecule has 1 aliphatic rings. The molecule has 0 saturated carbocycles. The highest BCUT2D eigenvalue weighted by atomic mass is 19.4. The van der Waals surface area contributed by atoms with Crippen LogP contribution < -0.4 is 5.32 Å². The lowest BCUT2D eigenvalue weighted by molar-refractivity contribution is -0.138. The predicted octanol–water partition coefficient (Wildman–Crippen LogP) is 3.79. The van der Waals surface area contributed by atoms with Crippen molar-refractivity contribution < 1.29 is 13.2 Å². The Labute approximate surface area is 145 Å². The van der Waals surface area contributed by atoms with E-state index in [2.05, 4.69) is 15.2 Å². The van der Waals surface area contributed by atoms with Crippen LogP contribution in [0.25, 0.3) is 0 Å². The molecular formula is C19H22F3N3. The van der Waals surface area contributed by atoms with Gasteiger partial charge in [-0.3, -0.25) is 9.88 Å². The number of nitrogens with one attached hydrogen (secondary N) is 1. The van der Waals surface area contributed by atoms with E-state index in [4.69, 9.17) is 0 Å². The van der Waals surface area contributed by atoms with E-state index in [-0.39, 0.29) is 5.56 Å². The minimum Gasteiger partial charge on any atom is -0.315 e.